The predicted octanol–water partition coefficient (Wildman–Crippen LogP) is 0.0677. The van der Waals surface area contributed by atoms with Gasteiger partial charge < -0.3 is 24.2 Å². The van der Waals surface area contributed by atoms with Crippen molar-refractivity contribution in [1.82, 2.24) is 0 Å². The first kappa shape index (κ1) is 13.0. The molecule has 0 bridgehead atoms. The van der Waals surface area contributed by atoms with Gasteiger partial charge in [0.05, 0.1) is 5.56 Å². The minimum Gasteiger partial charge on any atom is -0.504 e. The lowest BCUT2D eigenvalue weighted by atomic mass is 10.0. The Morgan fingerprint density at radius 1 is 1.00 bits per heavy atom. The van der Waals surface area contributed by atoms with Crippen LogP contribution in [-0.2, 0) is 9.59 Å². The molecule has 0 saturated carbocycles. The molecule has 0 unspecified atom stereocenters. The van der Waals surface area contributed by atoms with Gasteiger partial charge in [-0.1, -0.05) is 0 Å². The zero-order valence-electron chi connectivity index (χ0n) is 11.1. The number of ketones is 2. The molecule has 0 aromatic carbocycles. The highest BCUT2D eigenvalue weighted by molar-refractivity contribution is 6.60. The van der Waals surface area contributed by atoms with Gasteiger partial charge in [0, 0.05) is 16.9 Å². The van der Waals surface area contributed by atoms with E-state index < -0.39 is 23.5 Å². The second-order valence-electron chi connectivity index (χ2n) is 4.70. The molecule has 2 aromatic heterocycles. The molecule has 0 fully saturated rings. The monoisotopic (exact) mass is 290 g/mol. The van der Waals surface area contributed by atoms with Gasteiger partial charge in [0.1, 0.15) is 11.0 Å². The minimum absolute atomic E-state index is 0.0278. The summed E-state index contributed by atoms with van der Waals surface area (Å²) in [6.07, 6.45) is 0.998. The van der Waals surface area contributed by atoms with Crippen LogP contribution in [0.1, 0.15) is 12.5 Å². The van der Waals surface area contributed by atoms with Gasteiger partial charge in [-0.2, -0.15) is 0 Å². The van der Waals surface area contributed by atoms with E-state index in [2.05, 4.69) is 0 Å². The van der Waals surface area contributed by atoms with E-state index in [1.807, 2.05) is 0 Å². The summed E-state index contributed by atoms with van der Waals surface area (Å²) in [5.41, 5.74) is 0.0652. The summed E-state index contributed by atoms with van der Waals surface area (Å²) >= 11 is 0. The SMILES string of the molecule is CC1=c2oc(O)c(-c3oc(O)c(C)c3O)c2=CC(=O)C1=O. The largest absolute Gasteiger partial charge is 0.504 e. The molecule has 2 aromatic rings. The summed E-state index contributed by atoms with van der Waals surface area (Å²) in [6, 6.07) is 0. The Morgan fingerprint density at radius 2 is 1.67 bits per heavy atom. The molecule has 0 saturated heterocycles. The van der Waals surface area contributed by atoms with Crippen molar-refractivity contribution in [2.75, 3.05) is 0 Å². The molecular formula is C14H10O7. The quantitative estimate of drug-likeness (QED) is 0.635. The molecule has 3 rings (SSSR count). The molecule has 21 heavy (non-hydrogen) atoms. The van der Waals surface area contributed by atoms with Crippen molar-refractivity contribution in [3.05, 3.63) is 16.2 Å². The predicted molar refractivity (Wildman–Crippen MR) is 69.0 cm³/mol. The van der Waals surface area contributed by atoms with E-state index in [-0.39, 0.29) is 38.8 Å². The Morgan fingerprint density at radius 3 is 2.24 bits per heavy atom. The van der Waals surface area contributed by atoms with Crippen LogP contribution in [0.2, 0.25) is 0 Å². The van der Waals surface area contributed by atoms with Gasteiger partial charge >= 0.3 is 0 Å². The molecule has 3 N–H and O–H groups in total. The lowest BCUT2D eigenvalue weighted by Gasteiger charge is -1.99. The third-order valence-corrected chi connectivity index (χ3v) is 3.42. The first-order valence-corrected chi connectivity index (χ1v) is 5.97. The van der Waals surface area contributed by atoms with Crippen LogP contribution in [0, 0.1) is 6.92 Å². The minimum atomic E-state index is -0.769. The zero-order valence-corrected chi connectivity index (χ0v) is 11.1. The van der Waals surface area contributed by atoms with Gasteiger partial charge in [-0.25, -0.2) is 0 Å². The van der Waals surface area contributed by atoms with Crippen LogP contribution < -0.4 is 10.6 Å². The molecule has 1 aliphatic carbocycles. The average molecular weight is 290 g/mol. The Labute approximate surface area is 117 Å². The molecule has 7 nitrogen and oxygen atoms in total. The fourth-order valence-corrected chi connectivity index (χ4v) is 2.21. The van der Waals surface area contributed by atoms with Gasteiger partial charge in [0.2, 0.25) is 11.6 Å². The molecule has 0 spiro atoms. The van der Waals surface area contributed by atoms with E-state index in [4.69, 9.17) is 8.83 Å². The molecule has 7 heteroatoms. The average Bonchev–Trinajstić information content (AvgIpc) is 2.88. The van der Waals surface area contributed by atoms with E-state index in [0.29, 0.717) is 0 Å². The van der Waals surface area contributed by atoms with Crippen molar-refractivity contribution in [2.24, 2.45) is 0 Å². The Bertz CT molecular complexity index is 924. The maximum absolute atomic E-state index is 11.6. The number of fused-ring (bicyclic) bond motifs is 1. The first-order valence-electron chi connectivity index (χ1n) is 5.97. The number of carbonyl (C=O) groups excluding carboxylic acids is 2. The van der Waals surface area contributed by atoms with E-state index in [9.17, 15) is 24.9 Å². The summed E-state index contributed by atoms with van der Waals surface area (Å²) in [4.78, 5) is 23.2. The summed E-state index contributed by atoms with van der Waals surface area (Å²) < 4.78 is 10.1. The summed E-state index contributed by atoms with van der Waals surface area (Å²) in [5.74, 6) is -3.27. The van der Waals surface area contributed by atoms with Crippen molar-refractivity contribution in [3.63, 3.8) is 0 Å². The maximum atomic E-state index is 11.6. The van der Waals surface area contributed by atoms with Gasteiger partial charge in [0.25, 0.3) is 11.9 Å². The number of furan rings is 2. The molecule has 108 valence electrons. The van der Waals surface area contributed by atoms with Gasteiger partial charge in [-0.3, -0.25) is 9.59 Å². The standard InChI is InChI=1S/C14H10O7/c1-4-9(16)7(15)3-6-8(14(19)20-11(4)6)12-10(17)5(2)13(18)21-12/h3,17-19H,1-2H3. The molecule has 0 amide bonds. The van der Waals surface area contributed by atoms with Crippen molar-refractivity contribution in [1.29, 1.82) is 0 Å². The van der Waals surface area contributed by atoms with E-state index in [0.717, 1.165) is 6.08 Å². The second kappa shape index (κ2) is 4.02. The van der Waals surface area contributed by atoms with Crippen LogP contribution >= 0.6 is 0 Å². The van der Waals surface area contributed by atoms with Gasteiger partial charge in [-0.15, -0.1) is 0 Å². The Hall–Kier alpha value is -2.96. The van der Waals surface area contributed by atoms with Crippen LogP contribution in [0.25, 0.3) is 23.0 Å². The smallest absolute Gasteiger partial charge is 0.294 e. The summed E-state index contributed by atoms with van der Waals surface area (Å²) in [5, 5.41) is 29.4. The van der Waals surface area contributed by atoms with Gasteiger partial charge in [0.15, 0.2) is 11.5 Å². The van der Waals surface area contributed by atoms with Crippen molar-refractivity contribution >= 4 is 23.2 Å². The van der Waals surface area contributed by atoms with Crippen LogP contribution in [0.15, 0.2) is 8.83 Å². The van der Waals surface area contributed by atoms with E-state index in [1.165, 1.54) is 13.8 Å². The van der Waals surface area contributed by atoms with Crippen LogP contribution in [0.4, 0.5) is 0 Å². The number of hydrogen-bond donors (Lipinski definition) is 3. The maximum Gasteiger partial charge on any atom is 0.294 e. The highest BCUT2D eigenvalue weighted by atomic mass is 16.5. The third kappa shape index (κ3) is 1.60. The highest BCUT2D eigenvalue weighted by Crippen LogP contribution is 2.41. The summed E-state index contributed by atoms with van der Waals surface area (Å²) in [7, 11) is 0. The second-order valence-corrected chi connectivity index (χ2v) is 4.70. The summed E-state index contributed by atoms with van der Waals surface area (Å²) in [6.45, 7) is 2.81. The van der Waals surface area contributed by atoms with Crippen molar-refractivity contribution in [3.8, 4) is 29.0 Å². The number of aromatic hydroxyl groups is 3. The molecule has 1 aliphatic rings. The molecule has 0 atom stereocenters. The van der Waals surface area contributed by atoms with E-state index >= 15 is 0 Å². The lowest BCUT2D eigenvalue weighted by molar-refractivity contribution is -0.129. The molecule has 0 aliphatic heterocycles. The number of carbonyl (C=O) groups is 2. The van der Waals surface area contributed by atoms with Crippen LogP contribution in [0.5, 0.6) is 17.6 Å². The number of Topliss-reactive ketones (excluding diaryl/α,β-unsaturated/α-hetero) is 2. The van der Waals surface area contributed by atoms with Crippen LogP contribution in [-0.4, -0.2) is 26.9 Å². The normalized spacial score (nSPS) is 14.3. The number of rotatable bonds is 1. The number of hydrogen-bond acceptors (Lipinski definition) is 7. The first-order chi connectivity index (χ1) is 9.82. The molecule has 0 radical (unpaired) electrons. The zero-order chi connectivity index (χ0) is 15.5. The van der Waals surface area contributed by atoms with Gasteiger partial charge in [-0.05, 0) is 13.8 Å². The fraction of sp³-hybridized carbons (Fsp3) is 0.143. The molecular weight excluding hydrogens is 280 g/mol. The lowest BCUT2D eigenvalue weighted by Crippen LogP contribution is -2.34. The van der Waals surface area contributed by atoms with E-state index in [1.54, 1.807) is 0 Å². The fourth-order valence-electron chi connectivity index (χ4n) is 2.21. The van der Waals surface area contributed by atoms with Crippen molar-refractivity contribution < 1.29 is 33.7 Å². The Balaban J connectivity index is 2.46. The highest BCUT2D eigenvalue weighted by Gasteiger charge is 2.29. The topological polar surface area (TPSA) is 121 Å². The van der Waals surface area contributed by atoms with Crippen molar-refractivity contribution in [2.45, 2.75) is 13.8 Å². The molecule has 2 heterocycles. The van der Waals surface area contributed by atoms with Crippen LogP contribution in [0.3, 0.4) is 0 Å². The third-order valence-electron chi connectivity index (χ3n) is 3.42. The Kier molecular flexibility index (Phi) is 2.49.